The standard InChI is InChI=1S/C13H19NOS/c1-10-5-11(2)8-14(7-10)13(15)6-12-3-4-16-9-12/h3-4,9-11H,5-8H2,1-2H3. The topological polar surface area (TPSA) is 20.3 Å². The van der Waals surface area contributed by atoms with Crippen molar-refractivity contribution in [2.24, 2.45) is 11.8 Å². The Hall–Kier alpha value is -0.830. The number of rotatable bonds is 2. The molecule has 1 aliphatic heterocycles. The van der Waals surface area contributed by atoms with E-state index in [1.165, 1.54) is 6.42 Å². The second-order valence-corrected chi connectivity index (χ2v) is 5.83. The van der Waals surface area contributed by atoms with E-state index in [1.54, 1.807) is 11.3 Å². The number of hydrogen-bond donors (Lipinski definition) is 0. The summed E-state index contributed by atoms with van der Waals surface area (Å²) in [5.74, 6) is 1.59. The smallest absolute Gasteiger partial charge is 0.227 e. The monoisotopic (exact) mass is 237 g/mol. The Kier molecular flexibility index (Phi) is 3.64. The van der Waals surface area contributed by atoms with E-state index >= 15 is 0 Å². The highest BCUT2D eigenvalue weighted by atomic mass is 32.1. The zero-order valence-corrected chi connectivity index (χ0v) is 10.8. The molecule has 1 fully saturated rings. The molecule has 2 unspecified atom stereocenters. The summed E-state index contributed by atoms with van der Waals surface area (Å²) in [4.78, 5) is 14.1. The summed E-state index contributed by atoms with van der Waals surface area (Å²) < 4.78 is 0. The Morgan fingerprint density at radius 3 is 2.69 bits per heavy atom. The molecule has 2 rings (SSSR count). The largest absolute Gasteiger partial charge is 0.342 e. The minimum Gasteiger partial charge on any atom is -0.342 e. The van der Waals surface area contributed by atoms with Crippen LogP contribution in [0.2, 0.25) is 0 Å². The third-order valence-corrected chi connectivity index (χ3v) is 3.89. The predicted molar refractivity (Wildman–Crippen MR) is 67.5 cm³/mol. The zero-order chi connectivity index (χ0) is 11.5. The lowest BCUT2D eigenvalue weighted by Crippen LogP contribution is -2.43. The third-order valence-electron chi connectivity index (χ3n) is 3.16. The van der Waals surface area contributed by atoms with Crippen LogP contribution in [0, 0.1) is 11.8 Å². The molecule has 0 N–H and O–H groups in total. The number of carbonyl (C=O) groups is 1. The maximum absolute atomic E-state index is 12.1. The van der Waals surface area contributed by atoms with Crippen molar-refractivity contribution in [3.8, 4) is 0 Å². The first-order chi connectivity index (χ1) is 7.65. The van der Waals surface area contributed by atoms with Crippen molar-refractivity contribution in [1.82, 2.24) is 4.90 Å². The molecule has 0 radical (unpaired) electrons. The Bertz CT molecular complexity index is 337. The first-order valence-corrected chi connectivity index (χ1v) is 6.88. The Balaban J connectivity index is 1.94. The van der Waals surface area contributed by atoms with E-state index < -0.39 is 0 Å². The van der Waals surface area contributed by atoms with E-state index in [0.717, 1.165) is 18.7 Å². The summed E-state index contributed by atoms with van der Waals surface area (Å²) in [6.45, 7) is 6.35. The molecule has 16 heavy (non-hydrogen) atoms. The van der Waals surface area contributed by atoms with Gasteiger partial charge in [0.1, 0.15) is 0 Å². The molecule has 1 aliphatic rings. The highest BCUT2D eigenvalue weighted by Gasteiger charge is 2.25. The molecular formula is C13H19NOS. The summed E-state index contributed by atoms with van der Waals surface area (Å²) in [6.07, 6.45) is 1.82. The lowest BCUT2D eigenvalue weighted by atomic mass is 9.91. The van der Waals surface area contributed by atoms with Gasteiger partial charge in [-0.25, -0.2) is 0 Å². The highest BCUT2D eigenvalue weighted by molar-refractivity contribution is 7.07. The van der Waals surface area contributed by atoms with Crippen molar-refractivity contribution in [1.29, 1.82) is 0 Å². The molecule has 2 atom stereocenters. The van der Waals surface area contributed by atoms with E-state index in [0.29, 0.717) is 18.3 Å². The van der Waals surface area contributed by atoms with Gasteiger partial charge in [0, 0.05) is 13.1 Å². The van der Waals surface area contributed by atoms with E-state index in [2.05, 4.69) is 19.2 Å². The molecule has 0 aromatic carbocycles. The van der Waals surface area contributed by atoms with Crippen LogP contribution in [0.15, 0.2) is 16.8 Å². The van der Waals surface area contributed by atoms with Crippen molar-refractivity contribution in [3.63, 3.8) is 0 Å². The molecule has 1 aromatic rings. The van der Waals surface area contributed by atoms with Crippen LogP contribution < -0.4 is 0 Å². The fourth-order valence-electron chi connectivity index (χ4n) is 2.55. The summed E-state index contributed by atoms with van der Waals surface area (Å²) in [6, 6.07) is 2.04. The van der Waals surface area contributed by atoms with Gasteiger partial charge >= 0.3 is 0 Å². The number of amides is 1. The van der Waals surface area contributed by atoms with Crippen LogP contribution >= 0.6 is 11.3 Å². The highest BCUT2D eigenvalue weighted by Crippen LogP contribution is 2.21. The van der Waals surface area contributed by atoms with Gasteiger partial charge in [0.25, 0.3) is 0 Å². The fraction of sp³-hybridized carbons (Fsp3) is 0.615. The van der Waals surface area contributed by atoms with Crippen LogP contribution in [-0.4, -0.2) is 23.9 Å². The third kappa shape index (κ3) is 2.85. The molecular weight excluding hydrogens is 218 g/mol. The number of piperidine rings is 1. The molecule has 0 bridgehead atoms. The van der Waals surface area contributed by atoms with Gasteiger partial charge in [-0.2, -0.15) is 11.3 Å². The summed E-state index contributed by atoms with van der Waals surface area (Å²) in [5.41, 5.74) is 1.15. The lowest BCUT2D eigenvalue weighted by Gasteiger charge is -2.35. The molecule has 88 valence electrons. The molecule has 1 amide bonds. The summed E-state index contributed by atoms with van der Waals surface area (Å²) >= 11 is 1.66. The number of nitrogens with zero attached hydrogens (tertiary/aromatic N) is 1. The van der Waals surface area contributed by atoms with Crippen LogP contribution in [0.3, 0.4) is 0 Å². The molecule has 3 heteroatoms. The number of likely N-dealkylation sites (tertiary alicyclic amines) is 1. The van der Waals surface area contributed by atoms with Crippen LogP contribution in [0.5, 0.6) is 0 Å². The lowest BCUT2D eigenvalue weighted by molar-refractivity contribution is -0.133. The maximum atomic E-state index is 12.1. The van der Waals surface area contributed by atoms with Gasteiger partial charge < -0.3 is 4.90 Å². The molecule has 1 aromatic heterocycles. The Morgan fingerprint density at radius 1 is 1.44 bits per heavy atom. The van der Waals surface area contributed by atoms with Gasteiger partial charge in [-0.1, -0.05) is 13.8 Å². The summed E-state index contributed by atoms with van der Waals surface area (Å²) in [7, 11) is 0. The molecule has 1 saturated heterocycles. The van der Waals surface area contributed by atoms with Gasteiger partial charge in [-0.05, 0) is 40.6 Å². The Morgan fingerprint density at radius 2 is 2.12 bits per heavy atom. The second kappa shape index (κ2) is 5.00. The van der Waals surface area contributed by atoms with Crippen molar-refractivity contribution in [2.75, 3.05) is 13.1 Å². The van der Waals surface area contributed by atoms with Crippen LogP contribution in [0.25, 0.3) is 0 Å². The summed E-state index contributed by atoms with van der Waals surface area (Å²) in [5, 5.41) is 4.10. The van der Waals surface area contributed by atoms with E-state index in [1.807, 2.05) is 16.3 Å². The van der Waals surface area contributed by atoms with Crippen molar-refractivity contribution in [2.45, 2.75) is 26.7 Å². The second-order valence-electron chi connectivity index (χ2n) is 5.05. The van der Waals surface area contributed by atoms with Crippen molar-refractivity contribution >= 4 is 17.2 Å². The average molecular weight is 237 g/mol. The predicted octanol–water partition coefficient (Wildman–Crippen LogP) is 2.80. The van der Waals surface area contributed by atoms with Gasteiger partial charge in [0.2, 0.25) is 5.91 Å². The Labute approximate surface area is 101 Å². The number of thiophene rings is 1. The minimum absolute atomic E-state index is 0.289. The number of carbonyl (C=O) groups excluding carboxylic acids is 1. The van der Waals surface area contributed by atoms with E-state index in [9.17, 15) is 4.79 Å². The number of hydrogen-bond acceptors (Lipinski definition) is 2. The zero-order valence-electron chi connectivity index (χ0n) is 9.98. The normalized spacial score (nSPS) is 25.8. The van der Waals surface area contributed by atoms with Gasteiger partial charge in [-0.15, -0.1) is 0 Å². The van der Waals surface area contributed by atoms with E-state index in [4.69, 9.17) is 0 Å². The van der Waals surface area contributed by atoms with Crippen molar-refractivity contribution in [3.05, 3.63) is 22.4 Å². The van der Waals surface area contributed by atoms with Crippen molar-refractivity contribution < 1.29 is 4.79 Å². The SMILES string of the molecule is CC1CC(C)CN(C(=O)Cc2ccsc2)C1. The van der Waals surface area contributed by atoms with Gasteiger partial charge in [-0.3, -0.25) is 4.79 Å². The first kappa shape index (κ1) is 11.6. The molecule has 2 nitrogen and oxygen atoms in total. The van der Waals surface area contributed by atoms with E-state index in [-0.39, 0.29) is 5.91 Å². The molecule has 2 heterocycles. The quantitative estimate of drug-likeness (QED) is 0.774. The van der Waals surface area contributed by atoms with Crippen LogP contribution in [0.4, 0.5) is 0 Å². The van der Waals surface area contributed by atoms with Gasteiger partial charge in [0.15, 0.2) is 0 Å². The molecule has 0 aliphatic carbocycles. The average Bonchev–Trinajstić information content (AvgIpc) is 2.68. The maximum Gasteiger partial charge on any atom is 0.227 e. The minimum atomic E-state index is 0.289. The van der Waals surface area contributed by atoms with Crippen LogP contribution in [0.1, 0.15) is 25.8 Å². The fourth-order valence-corrected chi connectivity index (χ4v) is 3.21. The molecule has 0 saturated carbocycles. The van der Waals surface area contributed by atoms with Gasteiger partial charge in [0.05, 0.1) is 6.42 Å². The molecule has 0 spiro atoms. The first-order valence-electron chi connectivity index (χ1n) is 5.94. The van der Waals surface area contributed by atoms with Crippen LogP contribution in [-0.2, 0) is 11.2 Å².